The quantitative estimate of drug-likeness (QED) is 0.154. The van der Waals surface area contributed by atoms with Crippen molar-refractivity contribution in [2.45, 2.75) is 38.5 Å². The molecule has 0 N–H and O–H groups in total. The summed E-state index contributed by atoms with van der Waals surface area (Å²) in [5, 5.41) is 11.5. The minimum absolute atomic E-state index is 0.499. The van der Waals surface area contributed by atoms with Crippen molar-refractivity contribution >= 4 is 154 Å². The van der Waals surface area contributed by atoms with Crippen molar-refractivity contribution in [3.8, 4) is 22.7 Å². The van der Waals surface area contributed by atoms with Gasteiger partial charge in [-0.15, -0.1) is 0 Å². The molecule has 480 valence electrons. The average Bonchev–Trinajstić information content (AvgIpc) is 0.962. The Morgan fingerprint density at radius 1 is 0.225 bits per heavy atom. The summed E-state index contributed by atoms with van der Waals surface area (Å²) in [6.45, 7) is 9.55. The van der Waals surface area contributed by atoms with Gasteiger partial charge in [-0.1, -0.05) is 173 Å². The van der Waals surface area contributed by atoms with E-state index in [4.69, 9.17) is 19.9 Å². The fourth-order valence-electron chi connectivity index (χ4n) is 17.9. The van der Waals surface area contributed by atoms with E-state index in [0.29, 0.717) is 0 Å². The summed E-state index contributed by atoms with van der Waals surface area (Å²) in [5.74, 6) is 1.52. The number of pyridine rings is 2. The van der Waals surface area contributed by atoms with Crippen LogP contribution in [0, 0.1) is 0 Å². The largest absolute Gasteiger partial charge is 0.309 e. The zero-order valence-corrected chi connectivity index (χ0v) is 56.3. The molecule has 2 aliphatic rings. The highest BCUT2D eigenvalue weighted by Gasteiger charge is 2.41. The fourth-order valence-corrected chi connectivity index (χ4v) is 17.9. The number of anilines is 6. The van der Waals surface area contributed by atoms with E-state index >= 15 is 0 Å². The van der Waals surface area contributed by atoms with Crippen LogP contribution in [0.15, 0.2) is 304 Å². The van der Waals surface area contributed by atoms with Crippen LogP contribution < -0.4 is 9.80 Å². The molecule has 10 heteroatoms. The molecule has 0 unspecified atom stereocenters. The molecule has 13 aromatic carbocycles. The van der Waals surface area contributed by atoms with Gasteiger partial charge in [0.25, 0.3) is 0 Å². The standard InChI is InChI=1S/C92H62N10/c1-91(2)69-51-55(97-73-29-13-5-21-59(73)60-22-6-14-30-74(60)97)37-43-81(69)101(82-44-38-56(52-70(82)91)98-75-31-15-7-23-61(75)62-24-8-16-32-76(62)98)85-47-41-67-87-88(94-50-49-93-87)68-42-48-86(96-90(68)89(67)95-85)102-83-45-39-57(99-77-33-17-9-25-63(77)64-26-10-18-34-78(64)99)53-71(83)92(3,4)72-54-58(40-46-84(72)102)100-79-35-19-11-27-65(79)66-28-12-20-36-80(66)100/h5-54H,1-4H3. The van der Waals surface area contributed by atoms with Gasteiger partial charge in [-0.3, -0.25) is 19.8 Å². The van der Waals surface area contributed by atoms with Crippen LogP contribution in [0.4, 0.5) is 34.4 Å². The Kier molecular flexibility index (Phi) is 11.5. The zero-order valence-electron chi connectivity index (χ0n) is 56.3. The molecule has 9 heterocycles. The summed E-state index contributed by atoms with van der Waals surface area (Å²) >= 11 is 0. The minimum atomic E-state index is -0.499. The van der Waals surface area contributed by atoms with E-state index in [2.05, 4.69) is 347 Å². The lowest BCUT2D eigenvalue weighted by atomic mass is 9.73. The molecule has 0 aliphatic carbocycles. The highest BCUT2D eigenvalue weighted by atomic mass is 15.2. The predicted octanol–water partition coefficient (Wildman–Crippen LogP) is 23.3. The van der Waals surface area contributed by atoms with Gasteiger partial charge in [-0.25, -0.2) is 9.97 Å². The van der Waals surface area contributed by atoms with Crippen molar-refractivity contribution < 1.29 is 0 Å². The van der Waals surface area contributed by atoms with E-state index in [-0.39, 0.29) is 0 Å². The molecule has 0 spiro atoms. The maximum absolute atomic E-state index is 5.97. The maximum Gasteiger partial charge on any atom is 0.138 e. The lowest BCUT2D eigenvalue weighted by Gasteiger charge is -2.42. The van der Waals surface area contributed by atoms with Gasteiger partial charge in [-0.05, 0) is 168 Å². The van der Waals surface area contributed by atoms with Gasteiger partial charge in [0.15, 0.2) is 0 Å². The molecule has 0 fully saturated rings. The first-order chi connectivity index (χ1) is 50.1. The first-order valence-corrected chi connectivity index (χ1v) is 35.1. The molecule has 102 heavy (non-hydrogen) atoms. The molecule has 0 saturated carbocycles. The molecule has 10 nitrogen and oxygen atoms in total. The summed E-state index contributed by atoms with van der Waals surface area (Å²) in [6.07, 6.45) is 3.58. The first-order valence-electron chi connectivity index (χ1n) is 35.1. The number of hydrogen-bond donors (Lipinski definition) is 0. The summed E-state index contributed by atoms with van der Waals surface area (Å²) < 4.78 is 9.73. The van der Waals surface area contributed by atoms with Crippen molar-refractivity contribution in [2.24, 2.45) is 0 Å². The smallest absolute Gasteiger partial charge is 0.138 e. The third-order valence-electron chi connectivity index (χ3n) is 22.6. The highest BCUT2D eigenvalue weighted by molar-refractivity contribution is 6.21. The summed E-state index contributed by atoms with van der Waals surface area (Å²) in [5.41, 5.74) is 24.6. The van der Waals surface area contributed by atoms with Crippen LogP contribution in [0.25, 0.3) is 143 Å². The molecule has 0 bridgehead atoms. The molecule has 2 aliphatic heterocycles. The number of para-hydroxylation sites is 8. The lowest BCUT2D eigenvalue weighted by Crippen LogP contribution is -2.31. The first kappa shape index (κ1) is 56.8. The van der Waals surface area contributed by atoms with Crippen molar-refractivity contribution in [3.05, 3.63) is 326 Å². The Morgan fingerprint density at radius 2 is 0.451 bits per heavy atom. The van der Waals surface area contributed by atoms with Crippen LogP contribution in [-0.2, 0) is 10.8 Å². The van der Waals surface area contributed by atoms with Crippen LogP contribution in [0.5, 0.6) is 0 Å². The summed E-state index contributed by atoms with van der Waals surface area (Å²) in [4.78, 5) is 26.9. The van der Waals surface area contributed by atoms with Gasteiger partial charge in [0.1, 0.15) is 22.7 Å². The second-order valence-electron chi connectivity index (χ2n) is 28.6. The molecule has 0 radical (unpaired) electrons. The topological polar surface area (TPSA) is 77.8 Å². The van der Waals surface area contributed by atoms with E-state index < -0.39 is 10.8 Å². The van der Waals surface area contributed by atoms with Crippen LogP contribution in [0.2, 0.25) is 0 Å². The third-order valence-corrected chi connectivity index (χ3v) is 22.6. The van der Waals surface area contributed by atoms with Crippen molar-refractivity contribution in [1.29, 1.82) is 0 Å². The van der Waals surface area contributed by atoms with Crippen LogP contribution in [0.1, 0.15) is 49.9 Å². The Bertz CT molecular complexity index is 6090. The van der Waals surface area contributed by atoms with Gasteiger partial charge in [0.2, 0.25) is 0 Å². The molecule has 0 atom stereocenters. The normalized spacial score (nSPS) is 14.0. The molecule has 7 aromatic heterocycles. The molecule has 20 aromatic rings. The van der Waals surface area contributed by atoms with Gasteiger partial charge in [0.05, 0.1) is 77.9 Å². The lowest BCUT2D eigenvalue weighted by molar-refractivity contribution is 0.630. The van der Waals surface area contributed by atoms with Crippen molar-refractivity contribution in [2.75, 3.05) is 9.80 Å². The van der Waals surface area contributed by atoms with Crippen LogP contribution in [0.3, 0.4) is 0 Å². The molecule has 22 rings (SSSR count). The van der Waals surface area contributed by atoms with E-state index in [1.807, 2.05) is 0 Å². The predicted molar refractivity (Wildman–Crippen MR) is 421 cm³/mol. The third kappa shape index (κ3) is 7.72. The van der Waals surface area contributed by atoms with Gasteiger partial charge >= 0.3 is 0 Å². The minimum Gasteiger partial charge on any atom is -0.309 e. The van der Waals surface area contributed by atoms with Crippen molar-refractivity contribution in [1.82, 2.24) is 38.2 Å². The number of fused-ring (bicyclic) bond motifs is 22. The van der Waals surface area contributed by atoms with Crippen LogP contribution >= 0.6 is 0 Å². The SMILES string of the molecule is CC1(C)c2cc(-n3c4ccccc4c4ccccc43)ccc2N(c2ccc3c4nccnc4c4ccc(N5c6ccc(-n7c8ccccc8c8ccccc87)cc6C(C)(C)c6cc(-n7c8ccccc8c8ccccc87)ccc65)nc4c3n2)c2ccc(-n3c4ccccc4c4ccccc43)cc21. The van der Waals surface area contributed by atoms with Crippen LogP contribution in [-0.4, -0.2) is 38.2 Å². The molecular formula is C92H62N10. The summed E-state index contributed by atoms with van der Waals surface area (Å²) in [6, 6.07) is 107. The Hall–Kier alpha value is -13.2. The number of aromatic nitrogens is 8. The fraction of sp³-hybridized carbons (Fsp3) is 0.0652. The molecule has 0 saturated heterocycles. The zero-order chi connectivity index (χ0) is 67.4. The Morgan fingerprint density at radius 3 is 0.686 bits per heavy atom. The second kappa shape index (κ2) is 20.7. The molecule has 0 amide bonds. The number of benzene rings is 13. The Balaban J connectivity index is 0.776. The number of rotatable bonds is 6. The van der Waals surface area contributed by atoms with Crippen molar-refractivity contribution in [3.63, 3.8) is 0 Å². The summed E-state index contributed by atoms with van der Waals surface area (Å²) in [7, 11) is 0. The Labute approximate surface area is 586 Å². The van der Waals surface area contributed by atoms with E-state index in [1.165, 1.54) is 65.3 Å². The van der Waals surface area contributed by atoms with E-state index in [9.17, 15) is 0 Å². The van der Waals surface area contributed by atoms with E-state index in [0.717, 1.165) is 134 Å². The molecular weight excluding hydrogens is 1250 g/mol. The van der Waals surface area contributed by atoms with E-state index in [1.54, 1.807) is 12.4 Å². The second-order valence-corrected chi connectivity index (χ2v) is 28.6. The number of nitrogens with zero attached hydrogens (tertiary/aromatic N) is 10. The number of hydrogen-bond acceptors (Lipinski definition) is 6. The van der Waals surface area contributed by atoms with Gasteiger partial charge in [0, 0.05) is 99.8 Å². The van der Waals surface area contributed by atoms with Gasteiger partial charge in [-0.2, -0.15) is 0 Å². The van der Waals surface area contributed by atoms with Gasteiger partial charge < -0.3 is 18.3 Å². The highest BCUT2D eigenvalue weighted by Crippen LogP contribution is 2.56. The average molecular weight is 1310 g/mol. The maximum atomic E-state index is 5.97. The monoisotopic (exact) mass is 1310 g/mol.